The molecule has 0 aromatic heterocycles. The monoisotopic (exact) mass is 286 g/mol. The highest BCUT2D eigenvalue weighted by Gasteiger charge is 2.20. The molecule has 0 heterocycles. The molecule has 2 rings (SSSR count). The van der Waals surface area contributed by atoms with Crippen LogP contribution in [0.15, 0.2) is 33.5 Å². The van der Waals surface area contributed by atoms with Gasteiger partial charge in [-0.05, 0) is 37.5 Å². The van der Waals surface area contributed by atoms with Gasteiger partial charge >= 0.3 is 0 Å². The van der Waals surface area contributed by atoms with Gasteiger partial charge in [0.15, 0.2) is 8.94 Å². The number of hydrogen-bond donors (Lipinski definition) is 1. The molecule has 6 heteroatoms. The third kappa shape index (κ3) is 3.23. The SMILES string of the molecule is CC(=O)Nc1cccc(S(=O)(Cl)=NC2CCC2)c1. The first-order valence-electron chi connectivity index (χ1n) is 5.81. The number of nitrogens with zero attached hydrogens (tertiary/aromatic N) is 1. The maximum Gasteiger partial charge on any atom is 0.221 e. The van der Waals surface area contributed by atoms with Gasteiger partial charge in [0.25, 0.3) is 0 Å². The summed E-state index contributed by atoms with van der Waals surface area (Å²) in [5.41, 5.74) is 0.581. The first-order valence-corrected chi connectivity index (χ1v) is 8.15. The van der Waals surface area contributed by atoms with Crippen LogP contribution in [0.5, 0.6) is 0 Å². The number of carbonyl (C=O) groups is 1. The standard InChI is InChI=1S/C12H15ClN2O2S/c1-9(16)14-11-6-3-7-12(8-11)18(13,17)15-10-4-2-5-10/h3,6-8,10H,2,4-5H2,1H3,(H,14,16). The molecule has 1 unspecified atom stereocenters. The Morgan fingerprint density at radius 1 is 1.50 bits per heavy atom. The van der Waals surface area contributed by atoms with Crippen molar-refractivity contribution in [3.63, 3.8) is 0 Å². The Morgan fingerprint density at radius 2 is 2.22 bits per heavy atom. The second-order valence-corrected chi connectivity index (χ2v) is 7.21. The minimum atomic E-state index is -2.88. The summed E-state index contributed by atoms with van der Waals surface area (Å²) in [4.78, 5) is 11.4. The predicted molar refractivity (Wildman–Crippen MR) is 73.1 cm³/mol. The smallest absolute Gasteiger partial charge is 0.221 e. The number of carbonyl (C=O) groups excluding carboxylic acids is 1. The Morgan fingerprint density at radius 3 is 2.78 bits per heavy atom. The molecule has 0 saturated heterocycles. The molecule has 1 fully saturated rings. The number of hydrogen-bond acceptors (Lipinski definition) is 3. The van der Waals surface area contributed by atoms with E-state index in [4.69, 9.17) is 10.7 Å². The van der Waals surface area contributed by atoms with Crippen molar-refractivity contribution >= 4 is 31.2 Å². The van der Waals surface area contributed by atoms with E-state index in [1.807, 2.05) is 0 Å². The largest absolute Gasteiger partial charge is 0.326 e. The van der Waals surface area contributed by atoms with Crippen molar-refractivity contribution in [3.05, 3.63) is 24.3 Å². The van der Waals surface area contributed by atoms with Crippen molar-refractivity contribution in [1.29, 1.82) is 0 Å². The topological polar surface area (TPSA) is 58.5 Å². The zero-order valence-electron chi connectivity index (χ0n) is 10.1. The summed E-state index contributed by atoms with van der Waals surface area (Å²) in [5, 5.41) is 2.63. The van der Waals surface area contributed by atoms with Crippen molar-refractivity contribution in [2.45, 2.75) is 37.1 Å². The highest BCUT2D eigenvalue weighted by Crippen LogP contribution is 2.28. The van der Waals surface area contributed by atoms with Gasteiger partial charge in [0, 0.05) is 23.3 Å². The van der Waals surface area contributed by atoms with Crippen LogP contribution in [0.3, 0.4) is 0 Å². The molecule has 1 aromatic rings. The molecule has 1 aromatic carbocycles. The van der Waals surface area contributed by atoms with Gasteiger partial charge in [-0.25, -0.2) is 8.57 Å². The number of nitrogens with one attached hydrogen (secondary N) is 1. The van der Waals surface area contributed by atoms with Gasteiger partial charge in [0.1, 0.15) is 0 Å². The van der Waals surface area contributed by atoms with E-state index in [1.165, 1.54) is 6.92 Å². The van der Waals surface area contributed by atoms with Crippen molar-refractivity contribution in [2.75, 3.05) is 5.32 Å². The van der Waals surface area contributed by atoms with E-state index < -0.39 is 8.94 Å². The van der Waals surface area contributed by atoms with Crippen LogP contribution in [0.25, 0.3) is 0 Å². The maximum atomic E-state index is 12.3. The third-order valence-electron chi connectivity index (χ3n) is 2.80. The van der Waals surface area contributed by atoms with Gasteiger partial charge in [0.2, 0.25) is 5.91 Å². The van der Waals surface area contributed by atoms with E-state index in [-0.39, 0.29) is 11.9 Å². The van der Waals surface area contributed by atoms with Crippen LogP contribution in [0.1, 0.15) is 26.2 Å². The summed E-state index contributed by atoms with van der Waals surface area (Å²) in [6.07, 6.45) is 3.02. The summed E-state index contributed by atoms with van der Waals surface area (Å²) in [5.74, 6) is -0.177. The summed E-state index contributed by atoms with van der Waals surface area (Å²) in [7, 11) is 3.14. The van der Waals surface area contributed by atoms with Gasteiger partial charge < -0.3 is 5.32 Å². The van der Waals surface area contributed by atoms with E-state index >= 15 is 0 Å². The molecule has 1 aliphatic rings. The summed E-state index contributed by atoms with van der Waals surface area (Å²) >= 11 is 0. The average Bonchev–Trinajstić information content (AvgIpc) is 2.23. The zero-order valence-corrected chi connectivity index (χ0v) is 11.6. The van der Waals surface area contributed by atoms with E-state index in [0.29, 0.717) is 10.6 Å². The summed E-state index contributed by atoms with van der Waals surface area (Å²) < 4.78 is 16.5. The average molecular weight is 287 g/mol. The molecule has 1 N–H and O–H groups in total. The third-order valence-corrected chi connectivity index (χ3v) is 4.98. The van der Waals surface area contributed by atoms with Gasteiger partial charge in [-0.15, -0.1) is 0 Å². The Bertz CT molecular complexity index is 575. The molecular weight excluding hydrogens is 272 g/mol. The number of rotatable bonds is 3. The van der Waals surface area contributed by atoms with Gasteiger partial charge in [-0.1, -0.05) is 6.07 Å². The summed E-state index contributed by atoms with van der Waals surface area (Å²) in [6, 6.07) is 6.82. The lowest BCUT2D eigenvalue weighted by molar-refractivity contribution is -0.114. The van der Waals surface area contributed by atoms with Gasteiger partial charge in [-0.3, -0.25) is 4.79 Å². The van der Waals surface area contributed by atoms with E-state index in [9.17, 15) is 9.00 Å². The normalized spacial score (nSPS) is 18.6. The second kappa shape index (κ2) is 5.28. The van der Waals surface area contributed by atoms with E-state index in [2.05, 4.69) is 9.68 Å². The molecule has 0 bridgehead atoms. The number of amides is 1. The molecule has 1 atom stereocenters. The molecule has 0 radical (unpaired) electrons. The lowest BCUT2D eigenvalue weighted by Gasteiger charge is -2.21. The highest BCUT2D eigenvalue weighted by molar-refractivity contribution is 8.15. The molecule has 1 saturated carbocycles. The second-order valence-electron chi connectivity index (χ2n) is 4.36. The Labute approximate surface area is 111 Å². The van der Waals surface area contributed by atoms with E-state index in [0.717, 1.165) is 19.3 Å². The van der Waals surface area contributed by atoms with Gasteiger partial charge in [-0.2, -0.15) is 0 Å². The fraction of sp³-hybridized carbons (Fsp3) is 0.417. The van der Waals surface area contributed by atoms with Crippen molar-refractivity contribution in [3.8, 4) is 0 Å². The quantitative estimate of drug-likeness (QED) is 0.868. The van der Waals surface area contributed by atoms with Crippen LogP contribution in [0.4, 0.5) is 5.69 Å². The predicted octanol–water partition coefficient (Wildman–Crippen LogP) is 3.18. The maximum absolute atomic E-state index is 12.3. The molecule has 0 spiro atoms. The minimum absolute atomic E-state index is 0.111. The molecular formula is C12H15ClN2O2S. The molecule has 0 aliphatic heterocycles. The molecule has 98 valence electrons. The molecule has 1 aliphatic carbocycles. The zero-order chi connectivity index (χ0) is 13.2. The van der Waals surface area contributed by atoms with Crippen molar-refractivity contribution in [1.82, 2.24) is 0 Å². The van der Waals surface area contributed by atoms with Crippen LogP contribution in [-0.4, -0.2) is 16.2 Å². The van der Waals surface area contributed by atoms with Crippen LogP contribution < -0.4 is 5.32 Å². The summed E-state index contributed by atoms with van der Waals surface area (Å²) in [6.45, 7) is 1.42. The lowest BCUT2D eigenvalue weighted by Crippen LogP contribution is -2.16. The first kappa shape index (κ1) is 13.4. The molecule has 1 amide bonds. The van der Waals surface area contributed by atoms with Crippen LogP contribution in [-0.2, 0) is 13.7 Å². The lowest BCUT2D eigenvalue weighted by atomic mass is 9.95. The first-order chi connectivity index (χ1) is 8.47. The highest BCUT2D eigenvalue weighted by atomic mass is 35.7. The number of benzene rings is 1. The Hall–Kier alpha value is -1.07. The van der Waals surface area contributed by atoms with Crippen LogP contribution >= 0.6 is 10.7 Å². The molecule has 4 nitrogen and oxygen atoms in total. The minimum Gasteiger partial charge on any atom is -0.326 e. The molecule has 18 heavy (non-hydrogen) atoms. The Kier molecular flexibility index (Phi) is 3.92. The Balaban J connectivity index is 2.29. The number of halogens is 1. The van der Waals surface area contributed by atoms with E-state index in [1.54, 1.807) is 24.3 Å². The van der Waals surface area contributed by atoms with Crippen molar-refractivity contribution in [2.24, 2.45) is 4.36 Å². The van der Waals surface area contributed by atoms with Crippen LogP contribution in [0.2, 0.25) is 0 Å². The van der Waals surface area contributed by atoms with Crippen LogP contribution in [0, 0.1) is 0 Å². The fourth-order valence-corrected chi connectivity index (χ4v) is 3.54. The van der Waals surface area contributed by atoms with Crippen molar-refractivity contribution < 1.29 is 9.00 Å². The number of anilines is 1. The fourth-order valence-electron chi connectivity index (χ4n) is 1.68. The van der Waals surface area contributed by atoms with Gasteiger partial charge in [0.05, 0.1) is 10.9 Å².